The molecule has 15 heteroatoms. The number of carbonyl (C=O) groups excluding carboxylic acids is 6. The predicted molar refractivity (Wildman–Crippen MR) is 162 cm³/mol. The third-order valence-electron chi connectivity index (χ3n) is 6.92. The van der Waals surface area contributed by atoms with E-state index in [9.17, 15) is 28.8 Å². The Morgan fingerprint density at radius 2 is 1.73 bits per heavy atom. The van der Waals surface area contributed by atoms with Crippen molar-refractivity contribution in [1.29, 1.82) is 0 Å². The lowest BCUT2D eigenvalue weighted by Crippen LogP contribution is -2.55. The van der Waals surface area contributed by atoms with Gasteiger partial charge >= 0.3 is 5.97 Å². The van der Waals surface area contributed by atoms with E-state index in [0.717, 1.165) is 6.42 Å². The molecule has 1 aliphatic rings. The summed E-state index contributed by atoms with van der Waals surface area (Å²) < 4.78 is 5.17. The average Bonchev–Trinajstić information content (AvgIpc) is 3.00. The fourth-order valence-corrected chi connectivity index (χ4v) is 4.40. The van der Waals surface area contributed by atoms with Crippen LogP contribution in [0.25, 0.3) is 0 Å². The number of hydrogen-bond donors (Lipinski definition) is 6. The largest absolute Gasteiger partial charge is 0.466 e. The fourth-order valence-electron chi connectivity index (χ4n) is 4.40. The molecule has 3 unspecified atom stereocenters. The Morgan fingerprint density at radius 1 is 1.00 bits per heavy atom. The zero-order valence-corrected chi connectivity index (χ0v) is 25.5. The molecular formula is C29H44N8O7. The van der Waals surface area contributed by atoms with Gasteiger partial charge in [0.25, 0.3) is 5.91 Å². The number of benzene rings is 1. The molecule has 1 aromatic carbocycles. The van der Waals surface area contributed by atoms with E-state index in [1.165, 1.54) is 11.9 Å². The molecule has 1 aromatic rings. The summed E-state index contributed by atoms with van der Waals surface area (Å²) in [7, 11) is 1.44. The maximum atomic E-state index is 13.5. The minimum Gasteiger partial charge on any atom is -0.466 e. The third-order valence-corrected chi connectivity index (χ3v) is 6.92. The number of amides is 5. The lowest BCUT2D eigenvalue weighted by atomic mass is 10.1. The van der Waals surface area contributed by atoms with Crippen LogP contribution in [-0.4, -0.2) is 91.2 Å². The number of nitrogens with zero attached hydrogens (tertiary/aromatic N) is 2. The molecule has 2 bridgehead atoms. The van der Waals surface area contributed by atoms with E-state index in [0.29, 0.717) is 18.4 Å². The molecule has 0 aromatic heterocycles. The van der Waals surface area contributed by atoms with E-state index in [1.807, 2.05) is 6.92 Å². The molecule has 0 fully saturated rings. The molecule has 0 saturated heterocycles. The number of nitrogens with one attached hydrogen (secondary N) is 4. The summed E-state index contributed by atoms with van der Waals surface area (Å²) in [6, 6.07) is 3.19. The second-order valence-electron chi connectivity index (χ2n) is 10.4. The van der Waals surface area contributed by atoms with Gasteiger partial charge in [0.1, 0.15) is 18.1 Å². The Hall–Kier alpha value is -4.69. The number of aliphatic imine (C=N–C) groups is 1. The van der Waals surface area contributed by atoms with E-state index in [1.54, 1.807) is 31.2 Å². The van der Waals surface area contributed by atoms with Crippen LogP contribution in [0.4, 0.5) is 0 Å². The van der Waals surface area contributed by atoms with Crippen LogP contribution in [0.15, 0.2) is 29.3 Å². The first kappa shape index (κ1) is 35.5. The smallest absolute Gasteiger partial charge is 0.308 e. The standard InChI is InChI=1S/C29H44N8O7/c1-4-6-13-44-24(39)15-21-26(41)33-16-18-9-7-10-19(14-18)25(40)36-20(5-2)28(43)37(3)22(11-8-12-32-29(30)31)27(42)34-17-23(38)35-21/h7,9-10,14,20-22H,4-6,8,11-13,15-17H2,1-3H3,(H,33,41)(H,34,42)(H,35,38)(H,36,40)(H4,30,31,32). The number of nitrogens with two attached hydrogens (primary N) is 2. The van der Waals surface area contributed by atoms with E-state index in [2.05, 4.69) is 26.3 Å². The van der Waals surface area contributed by atoms with Gasteiger partial charge in [0.05, 0.1) is 19.6 Å². The number of carbonyl (C=O) groups is 6. The minimum atomic E-state index is -1.29. The molecule has 0 spiro atoms. The summed E-state index contributed by atoms with van der Waals surface area (Å²) >= 11 is 0. The SMILES string of the molecule is CCCCOC(=O)CC1NC(=O)CNC(=O)C(CCCN=C(N)N)N(C)C(=O)C(CC)NC(=O)c2cccc(c2)CNC1=O. The highest BCUT2D eigenvalue weighted by molar-refractivity contribution is 5.99. The van der Waals surface area contributed by atoms with Crippen molar-refractivity contribution in [3.8, 4) is 0 Å². The van der Waals surface area contributed by atoms with Crippen LogP contribution in [0, 0.1) is 0 Å². The van der Waals surface area contributed by atoms with Crippen molar-refractivity contribution in [1.82, 2.24) is 26.2 Å². The quantitative estimate of drug-likeness (QED) is 0.0822. The Kier molecular flexibility index (Phi) is 14.6. The second kappa shape index (κ2) is 18.1. The number of rotatable bonds is 10. The van der Waals surface area contributed by atoms with Gasteiger partial charge in [-0.25, -0.2) is 0 Å². The first-order valence-electron chi connectivity index (χ1n) is 14.7. The Bertz CT molecular complexity index is 1220. The number of esters is 1. The van der Waals surface area contributed by atoms with Crippen molar-refractivity contribution in [3.63, 3.8) is 0 Å². The van der Waals surface area contributed by atoms with Crippen molar-refractivity contribution in [2.75, 3.05) is 26.7 Å². The number of guanidine groups is 1. The number of ether oxygens (including phenoxy) is 1. The minimum absolute atomic E-state index is 0.00561. The van der Waals surface area contributed by atoms with Crippen LogP contribution in [0.1, 0.15) is 68.3 Å². The Labute approximate surface area is 256 Å². The van der Waals surface area contributed by atoms with Crippen LogP contribution < -0.4 is 32.7 Å². The van der Waals surface area contributed by atoms with E-state index in [-0.39, 0.29) is 44.1 Å². The molecule has 242 valence electrons. The fraction of sp³-hybridized carbons (Fsp3) is 0.552. The van der Waals surface area contributed by atoms with Gasteiger partial charge in [0, 0.05) is 25.7 Å². The number of likely N-dealkylation sites (N-methyl/N-ethyl adjacent to an activating group) is 1. The Balaban J connectivity index is 2.38. The zero-order valence-electron chi connectivity index (χ0n) is 25.5. The van der Waals surface area contributed by atoms with Crippen molar-refractivity contribution >= 4 is 41.5 Å². The zero-order chi connectivity index (χ0) is 32.6. The molecule has 8 N–H and O–H groups in total. The summed E-state index contributed by atoms with van der Waals surface area (Å²) in [4.78, 5) is 83.3. The van der Waals surface area contributed by atoms with Crippen LogP contribution in [0.3, 0.4) is 0 Å². The van der Waals surface area contributed by atoms with Gasteiger partial charge in [0.15, 0.2) is 5.96 Å². The lowest BCUT2D eigenvalue weighted by molar-refractivity contribution is -0.146. The van der Waals surface area contributed by atoms with E-state index in [4.69, 9.17) is 16.2 Å². The normalized spacial score (nSPS) is 20.3. The summed E-state index contributed by atoms with van der Waals surface area (Å²) in [6.45, 7) is 3.50. The topological polar surface area (TPSA) is 227 Å². The van der Waals surface area contributed by atoms with Crippen molar-refractivity contribution < 1.29 is 33.5 Å². The van der Waals surface area contributed by atoms with Crippen LogP contribution in [-0.2, 0) is 35.3 Å². The molecule has 1 aliphatic heterocycles. The maximum absolute atomic E-state index is 13.5. The molecule has 0 aliphatic carbocycles. The second-order valence-corrected chi connectivity index (χ2v) is 10.4. The van der Waals surface area contributed by atoms with Crippen LogP contribution in [0.2, 0.25) is 0 Å². The van der Waals surface area contributed by atoms with E-state index < -0.39 is 66.6 Å². The van der Waals surface area contributed by atoms with E-state index >= 15 is 0 Å². The molecule has 44 heavy (non-hydrogen) atoms. The van der Waals surface area contributed by atoms with Gasteiger partial charge < -0.3 is 42.4 Å². The maximum Gasteiger partial charge on any atom is 0.308 e. The van der Waals surface area contributed by atoms with Gasteiger partial charge in [-0.05, 0) is 43.4 Å². The van der Waals surface area contributed by atoms with Gasteiger partial charge in [0.2, 0.25) is 23.6 Å². The average molecular weight is 617 g/mol. The first-order valence-corrected chi connectivity index (χ1v) is 14.7. The number of unbranched alkanes of at least 4 members (excludes halogenated alkanes) is 1. The molecule has 0 saturated carbocycles. The molecular weight excluding hydrogens is 572 g/mol. The van der Waals surface area contributed by atoms with Gasteiger partial charge in [-0.3, -0.25) is 33.8 Å². The van der Waals surface area contributed by atoms with Crippen molar-refractivity contribution in [3.05, 3.63) is 35.4 Å². The van der Waals surface area contributed by atoms with Crippen LogP contribution >= 0.6 is 0 Å². The Morgan fingerprint density at radius 3 is 2.41 bits per heavy atom. The van der Waals surface area contributed by atoms with Gasteiger partial charge in [-0.1, -0.05) is 32.4 Å². The van der Waals surface area contributed by atoms with Gasteiger partial charge in [-0.2, -0.15) is 0 Å². The lowest BCUT2D eigenvalue weighted by Gasteiger charge is -2.30. The highest BCUT2D eigenvalue weighted by Gasteiger charge is 2.32. The first-order chi connectivity index (χ1) is 21.0. The molecule has 2 rings (SSSR count). The predicted octanol–water partition coefficient (Wildman–Crippen LogP) is -0.960. The molecule has 3 atom stereocenters. The molecule has 5 amide bonds. The van der Waals surface area contributed by atoms with Crippen molar-refractivity contribution in [2.45, 2.75) is 77.0 Å². The van der Waals surface area contributed by atoms with Crippen molar-refractivity contribution in [2.24, 2.45) is 16.5 Å². The third kappa shape index (κ3) is 11.5. The molecule has 0 radical (unpaired) electrons. The molecule has 1 heterocycles. The van der Waals surface area contributed by atoms with Gasteiger partial charge in [-0.15, -0.1) is 0 Å². The number of hydrogen-bond acceptors (Lipinski definition) is 8. The van der Waals surface area contributed by atoms with Crippen LogP contribution in [0.5, 0.6) is 0 Å². The monoisotopic (exact) mass is 616 g/mol. The highest BCUT2D eigenvalue weighted by Crippen LogP contribution is 2.12. The summed E-state index contributed by atoms with van der Waals surface area (Å²) in [6.07, 6.45) is 1.75. The number of fused-ring (bicyclic) bond motifs is 2. The summed E-state index contributed by atoms with van der Waals surface area (Å²) in [5, 5.41) is 10.4. The molecule has 15 nitrogen and oxygen atoms in total. The summed E-state index contributed by atoms with van der Waals surface area (Å²) in [5.41, 5.74) is 11.6. The highest BCUT2D eigenvalue weighted by atomic mass is 16.5. The summed E-state index contributed by atoms with van der Waals surface area (Å²) in [5.74, 6) is -3.83.